The highest BCUT2D eigenvalue weighted by atomic mass is 79.9. The summed E-state index contributed by atoms with van der Waals surface area (Å²) < 4.78 is 26.8. The van der Waals surface area contributed by atoms with Crippen molar-refractivity contribution in [3.05, 3.63) is 95.5 Å². The summed E-state index contributed by atoms with van der Waals surface area (Å²) in [6.07, 6.45) is 6.51. The van der Waals surface area contributed by atoms with Gasteiger partial charge in [0.25, 0.3) is 8.32 Å². The predicted octanol–water partition coefficient (Wildman–Crippen LogP) is 7.20. The highest BCUT2D eigenvalue weighted by Crippen LogP contribution is 2.47. The molecule has 0 aromatic heterocycles. The number of carbonyl (C=O) groups excluding carboxylic acids is 1. The fourth-order valence-corrected chi connectivity index (χ4v) is 11.8. The number of allylic oxidation sites excluding steroid dienone is 2. The second kappa shape index (κ2) is 14.8. The second-order valence-electron chi connectivity index (χ2n) is 14.3. The SMILES string of the molecule is CO[C@@]12C[C@H](O[Si](c3ccccc3)(c3ccccc3)C(C)(C)C)C[C@@H](O1)C(C)(C)C(O)/C=C(\C)C[C@H](/C=C/C=C/Br)OC(=O)C2C. The van der Waals surface area contributed by atoms with Crippen LogP contribution in [0.5, 0.6) is 0 Å². The number of hydrogen-bond acceptors (Lipinski definition) is 6. The Labute approximate surface area is 285 Å². The number of halogens is 1. The first-order valence-electron chi connectivity index (χ1n) is 16.2. The molecule has 2 unspecified atom stereocenters. The smallest absolute Gasteiger partial charge is 0.314 e. The van der Waals surface area contributed by atoms with E-state index in [1.807, 2.05) is 64.1 Å². The average molecular weight is 712 g/mol. The molecule has 6 nitrogen and oxygen atoms in total. The number of hydrogen-bond donors (Lipinski definition) is 1. The molecule has 1 fully saturated rings. The zero-order valence-corrected chi connectivity index (χ0v) is 31.1. The zero-order chi connectivity index (χ0) is 33.8. The first kappa shape index (κ1) is 36.5. The van der Waals surface area contributed by atoms with Crippen LogP contribution in [-0.4, -0.2) is 56.7 Å². The summed E-state index contributed by atoms with van der Waals surface area (Å²) in [6, 6.07) is 21.1. The molecule has 0 amide bonds. The third-order valence-electron chi connectivity index (χ3n) is 9.78. The zero-order valence-electron chi connectivity index (χ0n) is 28.5. The molecule has 2 aliphatic heterocycles. The maximum Gasteiger partial charge on any atom is 0.314 e. The van der Waals surface area contributed by atoms with Crippen LogP contribution in [0.2, 0.25) is 5.04 Å². The number of methoxy groups -OCH3 is 1. The van der Waals surface area contributed by atoms with Crippen LogP contribution in [-0.2, 0) is 23.4 Å². The van der Waals surface area contributed by atoms with Crippen LogP contribution in [0.25, 0.3) is 0 Å². The lowest BCUT2D eigenvalue weighted by atomic mass is 9.74. The Morgan fingerprint density at radius 2 is 1.61 bits per heavy atom. The van der Waals surface area contributed by atoms with Crippen LogP contribution >= 0.6 is 15.9 Å². The van der Waals surface area contributed by atoms with E-state index in [-0.39, 0.29) is 11.1 Å². The van der Waals surface area contributed by atoms with E-state index in [9.17, 15) is 9.90 Å². The van der Waals surface area contributed by atoms with Gasteiger partial charge in [0, 0.05) is 25.4 Å². The largest absolute Gasteiger partial charge is 0.457 e. The van der Waals surface area contributed by atoms with Crippen molar-refractivity contribution in [3.63, 3.8) is 0 Å². The number of cyclic esters (lactones) is 1. The molecule has 4 rings (SSSR count). The Balaban J connectivity index is 1.87. The first-order chi connectivity index (χ1) is 21.7. The topological polar surface area (TPSA) is 74.2 Å². The molecule has 1 saturated heterocycles. The van der Waals surface area contributed by atoms with E-state index in [1.54, 1.807) is 12.1 Å². The van der Waals surface area contributed by atoms with Gasteiger partial charge >= 0.3 is 5.97 Å². The number of ether oxygens (including phenoxy) is 3. The van der Waals surface area contributed by atoms with Crippen LogP contribution in [0.3, 0.4) is 0 Å². The lowest BCUT2D eigenvalue weighted by molar-refractivity contribution is -0.323. The fourth-order valence-electron chi connectivity index (χ4n) is 6.92. The maximum absolute atomic E-state index is 13.9. The second-order valence-corrected chi connectivity index (χ2v) is 19.1. The Kier molecular flexibility index (Phi) is 11.8. The van der Waals surface area contributed by atoms with Gasteiger partial charge in [0.05, 0.1) is 18.3 Å². The molecular formula is C38H51BrO6Si. The molecule has 0 spiro atoms. The van der Waals surface area contributed by atoms with Crippen molar-refractivity contribution in [2.24, 2.45) is 11.3 Å². The number of aliphatic hydroxyl groups is 1. The van der Waals surface area contributed by atoms with E-state index in [1.165, 1.54) is 10.4 Å². The van der Waals surface area contributed by atoms with E-state index >= 15 is 0 Å². The normalized spacial score (nSPS) is 30.7. The molecule has 1 N–H and O–H groups in total. The van der Waals surface area contributed by atoms with Gasteiger partial charge in [-0.25, -0.2) is 0 Å². The van der Waals surface area contributed by atoms with Gasteiger partial charge in [-0.1, -0.05) is 135 Å². The molecule has 2 aromatic carbocycles. The van der Waals surface area contributed by atoms with Gasteiger partial charge in [0.2, 0.25) is 0 Å². The van der Waals surface area contributed by atoms with Crippen molar-refractivity contribution < 1.29 is 28.5 Å². The molecular weight excluding hydrogens is 660 g/mol. The molecule has 8 heteroatoms. The van der Waals surface area contributed by atoms with Crippen molar-refractivity contribution in [1.29, 1.82) is 0 Å². The number of carbonyl (C=O) groups is 1. The predicted molar refractivity (Wildman–Crippen MR) is 191 cm³/mol. The molecule has 2 heterocycles. The standard InChI is InChI=1S/C38H51BrO6Si/c1-27-23-29(17-15-16-22-39)43-35(41)28(2)38(42-8)26-30(25-34(44-38)37(6,7)33(40)24-27)45-46(36(3,4)5,31-18-11-9-12-19-31)32-20-13-10-14-21-32/h9-22,24,28-30,33-34,40H,23,25-26H2,1-8H3/b17-15+,22-16+,27-24+/t28?,29-,30+,33?,34+,38-/m0/s1. The van der Waals surface area contributed by atoms with Crippen molar-refractivity contribution in [2.45, 2.75) is 103 Å². The van der Waals surface area contributed by atoms with Crippen LogP contribution in [0, 0.1) is 11.3 Å². The quantitative estimate of drug-likeness (QED) is 0.142. The Bertz CT molecular complexity index is 1360. The van der Waals surface area contributed by atoms with Crippen LogP contribution in [0.15, 0.2) is 95.5 Å². The summed E-state index contributed by atoms with van der Waals surface area (Å²) in [5.74, 6) is -2.52. The summed E-state index contributed by atoms with van der Waals surface area (Å²) in [4.78, 5) is 15.7. The molecule has 2 aromatic rings. The minimum absolute atomic E-state index is 0.247. The van der Waals surface area contributed by atoms with Gasteiger partial charge in [0.1, 0.15) is 12.0 Å². The van der Waals surface area contributed by atoms with E-state index in [0.29, 0.717) is 19.3 Å². The van der Waals surface area contributed by atoms with Gasteiger partial charge in [0.15, 0.2) is 5.79 Å². The number of rotatable bonds is 7. The third-order valence-corrected chi connectivity index (χ3v) is 15.2. The van der Waals surface area contributed by atoms with E-state index in [0.717, 1.165) is 5.57 Å². The molecule has 0 radical (unpaired) electrons. The number of fused-ring (bicyclic) bond motifs is 2. The molecule has 6 atom stereocenters. The van der Waals surface area contributed by atoms with Crippen LogP contribution in [0.1, 0.15) is 67.7 Å². The Morgan fingerprint density at radius 1 is 1.02 bits per heavy atom. The maximum atomic E-state index is 13.9. The molecule has 2 aliphatic rings. The highest BCUT2D eigenvalue weighted by Gasteiger charge is 2.58. The van der Waals surface area contributed by atoms with Gasteiger partial charge in [-0.05, 0) is 46.7 Å². The minimum Gasteiger partial charge on any atom is -0.457 e. The van der Waals surface area contributed by atoms with Gasteiger partial charge < -0.3 is 23.7 Å². The Morgan fingerprint density at radius 3 is 2.13 bits per heavy atom. The number of esters is 1. The van der Waals surface area contributed by atoms with Gasteiger partial charge in [-0.2, -0.15) is 0 Å². The summed E-state index contributed by atoms with van der Waals surface area (Å²) in [5.41, 5.74) is 0.193. The van der Waals surface area contributed by atoms with E-state index < -0.39 is 49.7 Å². The molecule has 46 heavy (non-hydrogen) atoms. The van der Waals surface area contributed by atoms with E-state index in [2.05, 4.69) is 85.2 Å². The third kappa shape index (κ3) is 7.53. The van der Waals surface area contributed by atoms with Crippen molar-refractivity contribution >= 4 is 40.6 Å². The molecule has 0 saturated carbocycles. The van der Waals surface area contributed by atoms with Crippen LogP contribution < -0.4 is 10.4 Å². The monoisotopic (exact) mass is 710 g/mol. The number of benzene rings is 2. The Hall–Kier alpha value is -2.33. The summed E-state index contributed by atoms with van der Waals surface area (Å²) in [6.45, 7) is 14.6. The summed E-state index contributed by atoms with van der Waals surface area (Å²) >= 11 is 3.29. The van der Waals surface area contributed by atoms with Gasteiger partial charge in [-0.3, -0.25) is 4.79 Å². The van der Waals surface area contributed by atoms with Crippen molar-refractivity contribution in [3.8, 4) is 0 Å². The minimum atomic E-state index is -2.96. The van der Waals surface area contributed by atoms with E-state index in [4.69, 9.17) is 18.6 Å². The van der Waals surface area contributed by atoms with Crippen molar-refractivity contribution in [2.75, 3.05) is 7.11 Å². The number of aliphatic hydroxyl groups excluding tert-OH is 1. The van der Waals surface area contributed by atoms with Crippen LogP contribution in [0.4, 0.5) is 0 Å². The van der Waals surface area contributed by atoms with Crippen molar-refractivity contribution in [1.82, 2.24) is 0 Å². The first-order valence-corrected chi connectivity index (χ1v) is 19.0. The summed E-state index contributed by atoms with van der Waals surface area (Å²) in [5, 5.41) is 13.8. The molecule has 0 aliphatic carbocycles. The lowest BCUT2D eigenvalue weighted by Crippen LogP contribution is -2.69. The molecule has 2 bridgehead atoms. The summed E-state index contributed by atoms with van der Waals surface area (Å²) in [7, 11) is -1.38. The average Bonchev–Trinajstić information content (AvgIpc) is 3.02. The van der Waals surface area contributed by atoms with Gasteiger partial charge in [-0.15, -0.1) is 0 Å². The fraction of sp³-hybridized carbons (Fsp3) is 0.500. The highest BCUT2D eigenvalue weighted by molar-refractivity contribution is 9.11. The molecule has 250 valence electrons. The lowest BCUT2D eigenvalue weighted by Gasteiger charge is -2.53.